The molecule has 0 spiro atoms. The summed E-state index contributed by atoms with van der Waals surface area (Å²) in [5, 5.41) is 4.50. The molecule has 2 saturated carbocycles. The second-order valence-corrected chi connectivity index (χ2v) is 6.16. The molecule has 1 atom stereocenters. The lowest BCUT2D eigenvalue weighted by Crippen LogP contribution is -2.39. The Balaban J connectivity index is 1.65. The fourth-order valence-electron chi connectivity index (χ4n) is 2.59. The van der Waals surface area contributed by atoms with Gasteiger partial charge in [0, 0.05) is 17.0 Å². The van der Waals surface area contributed by atoms with Crippen molar-refractivity contribution in [3.63, 3.8) is 0 Å². The van der Waals surface area contributed by atoms with E-state index in [4.69, 9.17) is 0 Å². The minimum Gasteiger partial charge on any atom is -0.316 e. The SMILES string of the molecule is CNC(CSC1CCCC1)C1CCC1. The summed E-state index contributed by atoms with van der Waals surface area (Å²) in [6.07, 6.45) is 10.3. The summed E-state index contributed by atoms with van der Waals surface area (Å²) in [6, 6.07) is 0.800. The van der Waals surface area contributed by atoms with E-state index in [2.05, 4.69) is 24.1 Å². The molecule has 2 heteroatoms. The summed E-state index contributed by atoms with van der Waals surface area (Å²) < 4.78 is 0. The Bertz CT molecular complexity index is 162. The van der Waals surface area contributed by atoms with Crippen molar-refractivity contribution in [3.05, 3.63) is 0 Å². The monoisotopic (exact) mass is 213 g/mol. The van der Waals surface area contributed by atoms with Gasteiger partial charge in [-0.1, -0.05) is 19.3 Å². The Hall–Kier alpha value is 0.310. The van der Waals surface area contributed by atoms with Gasteiger partial charge in [0.1, 0.15) is 0 Å². The third kappa shape index (κ3) is 2.66. The van der Waals surface area contributed by atoms with E-state index in [0.717, 1.165) is 17.2 Å². The Morgan fingerprint density at radius 2 is 1.86 bits per heavy atom. The number of hydrogen-bond acceptors (Lipinski definition) is 2. The molecule has 0 amide bonds. The average molecular weight is 213 g/mol. The molecular formula is C12H23NS. The zero-order chi connectivity index (χ0) is 9.80. The van der Waals surface area contributed by atoms with Gasteiger partial charge in [0.05, 0.1) is 0 Å². The van der Waals surface area contributed by atoms with E-state index < -0.39 is 0 Å². The van der Waals surface area contributed by atoms with E-state index in [9.17, 15) is 0 Å². The van der Waals surface area contributed by atoms with Crippen molar-refractivity contribution >= 4 is 11.8 Å². The Labute approximate surface area is 92.4 Å². The Kier molecular flexibility index (Phi) is 4.18. The van der Waals surface area contributed by atoms with Gasteiger partial charge in [-0.15, -0.1) is 0 Å². The second-order valence-electron chi connectivity index (χ2n) is 4.83. The summed E-state index contributed by atoms with van der Waals surface area (Å²) in [4.78, 5) is 0. The van der Waals surface area contributed by atoms with Gasteiger partial charge in [-0.25, -0.2) is 0 Å². The van der Waals surface area contributed by atoms with Crippen LogP contribution in [0.25, 0.3) is 0 Å². The lowest BCUT2D eigenvalue weighted by atomic mass is 9.80. The predicted octanol–water partition coefficient (Wildman–Crippen LogP) is 3.05. The van der Waals surface area contributed by atoms with Crippen LogP contribution in [-0.4, -0.2) is 24.1 Å². The maximum atomic E-state index is 3.51. The van der Waals surface area contributed by atoms with Crippen LogP contribution in [0.1, 0.15) is 44.9 Å². The highest BCUT2D eigenvalue weighted by Crippen LogP contribution is 2.34. The molecule has 2 aliphatic rings. The highest BCUT2D eigenvalue weighted by molar-refractivity contribution is 7.99. The summed E-state index contributed by atoms with van der Waals surface area (Å²) in [6.45, 7) is 0. The third-order valence-electron chi connectivity index (χ3n) is 3.90. The van der Waals surface area contributed by atoms with Crippen LogP contribution in [0.3, 0.4) is 0 Å². The van der Waals surface area contributed by atoms with E-state index in [0.29, 0.717) is 0 Å². The molecule has 1 nitrogen and oxygen atoms in total. The zero-order valence-electron chi connectivity index (χ0n) is 9.30. The molecule has 0 heterocycles. The maximum absolute atomic E-state index is 3.51. The second kappa shape index (κ2) is 5.41. The van der Waals surface area contributed by atoms with Crippen molar-refractivity contribution in [3.8, 4) is 0 Å². The van der Waals surface area contributed by atoms with Gasteiger partial charge in [0.2, 0.25) is 0 Å². The number of thioether (sulfide) groups is 1. The van der Waals surface area contributed by atoms with E-state index in [1.807, 2.05) is 0 Å². The molecular weight excluding hydrogens is 190 g/mol. The molecule has 0 bridgehead atoms. The molecule has 1 unspecified atom stereocenters. The van der Waals surface area contributed by atoms with Crippen LogP contribution in [0.15, 0.2) is 0 Å². The standard InChI is InChI=1S/C12H23NS/c1-13-12(10-5-4-6-10)9-14-11-7-2-3-8-11/h10-13H,2-9H2,1H3. The van der Waals surface area contributed by atoms with Crippen molar-refractivity contribution in [2.24, 2.45) is 5.92 Å². The van der Waals surface area contributed by atoms with Crippen LogP contribution < -0.4 is 5.32 Å². The number of hydrogen-bond donors (Lipinski definition) is 1. The first-order valence-electron chi connectivity index (χ1n) is 6.19. The number of nitrogens with one attached hydrogen (secondary N) is 1. The van der Waals surface area contributed by atoms with Crippen LogP contribution in [-0.2, 0) is 0 Å². The van der Waals surface area contributed by atoms with Crippen LogP contribution in [0.5, 0.6) is 0 Å². The van der Waals surface area contributed by atoms with Gasteiger partial charge in [0.15, 0.2) is 0 Å². The smallest absolute Gasteiger partial charge is 0.0183 e. The molecule has 0 radical (unpaired) electrons. The highest BCUT2D eigenvalue weighted by atomic mass is 32.2. The fourth-order valence-corrected chi connectivity index (χ4v) is 4.18. The molecule has 2 aliphatic carbocycles. The molecule has 82 valence electrons. The van der Waals surface area contributed by atoms with Crippen LogP contribution in [0.2, 0.25) is 0 Å². The van der Waals surface area contributed by atoms with Crippen molar-refractivity contribution in [2.75, 3.05) is 12.8 Å². The Morgan fingerprint density at radius 1 is 1.14 bits per heavy atom. The first-order valence-corrected chi connectivity index (χ1v) is 7.24. The lowest BCUT2D eigenvalue weighted by Gasteiger charge is -2.34. The minimum absolute atomic E-state index is 0.800. The third-order valence-corrected chi connectivity index (χ3v) is 5.40. The summed E-state index contributed by atoms with van der Waals surface area (Å²) in [5.74, 6) is 2.35. The van der Waals surface area contributed by atoms with Gasteiger partial charge in [0.25, 0.3) is 0 Å². The first-order chi connectivity index (χ1) is 6.90. The van der Waals surface area contributed by atoms with E-state index >= 15 is 0 Å². The van der Waals surface area contributed by atoms with Crippen molar-refractivity contribution < 1.29 is 0 Å². The first kappa shape index (κ1) is 10.8. The Morgan fingerprint density at radius 3 is 2.36 bits per heavy atom. The quantitative estimate of drug-likeness (QED) is 0.753. The fraction of sp³-hybridized carbons (Fsp3) is 1.00. The molecule has 0 aromatic carbocycles. The van der Waals surface area contributed by atoms with Gasteiger partial charge in [-0.05, 0) is 38.6 Å². The van der Waals surface area contributed by atoms with E-state index in [-0.39, 0.29) is 0 Å². The highest BCUT2D eigenvalue weighted by Gasteiger charge is 2.27. The van der Waals surface area contributed by atoms with Crippen molar-refractivity contribution in [2.45, 2.75) is 56.2 Å². The lowest BCUT2D eigenvalue weighted by molar-refractivity contribution is 0.252. The van der Waals surface area contributed by atoms with Gasteiger partial charge in [-0.3, -0.25) is 0 Å². The molecule has 1 N–H and O–H groups in total. The summed E-state index contributed by atoms with van der Waals surface area (Å²) in [5.41, 5.74) is 0. The van der Waals surface area contributed by atoms with Crippen LogP contribution in [0.4, 0.5) is 0 Å². The maximum Gasteiger partial charge on any atom is 0.0183 e. The van der Waals surface area contributed by atoms with Gasteiger partial charge in [-0.2, -0.15) is 11.8 Å². The zero-order valence-corrected chi connectivity index (χ0v) is 10.1. The molecule has 0 aromatic rings. The molecule has 0 saturated heterocycles. The van der Waals surface area contributed by atoms with E-state index in [1.54, 1.807) is 0 Å². The molecule has 0 aliphatic heterocycles. The van der Waals surface area contributed by atoms with E-state index in [1.165, 1.54) is 50.7 Å². The molecule has 0 aromatic heterocycles. The molecule has 14 heavy (non-hydrogen) atoms. The van der Waals surface area contributed by atoms with Crippen LogP contribution >= 0.6 is 11.8 Å². The topological polar surface area (TPSA) is 12.0 Å². The number of rotatable bonds is 5. The van der Waals surface area contributed by atoms with Gasteiger partial charge < -0.3 is 5.32 Å². The van der Waals surface area contributed by atoms with Crippen molar-refractivity contribution in [1.82, 2.24) is 5.32 Å². The molecule has 2 rings (SSSR count). The van der Waals surface area contributed by atoms with Gasteiger partial charge >= 0.3 is 0 Å². The normalized spacial score (nSPS) is 26.4. The molecule has 2 fully saturated rings. The van der Waals surface area contributed by atoms with Crippen LogP contribution in [0, 0.1) is 5.92 Å². The predicted molar refractivity (Wildman–Crippen MR) is 64.9 cm³/mol. The largest absolute Gasteiger partial charge is 0.316 e. The summed E-state index contributed by atoms with van der Waals surface area (Å²) in [7, 11) is 2.14. The average Bonchev–Trinajstić information content (AvgIpc) is 2.61. The van der Waals surface area contributed by atoms with Crippen molar-refractivity contribution in [1.29, 1.82) is 0 Å². The minimum atomic E-state index is 0.800. The summed E-state index contributed by atoms with van der Waals surface area (Å²) >= 11 is 2.23.